The molecule has 1 aliphatic carbocycles. The average Bonchev–Trinajstić information content (AvgIpc) is 2.13. The molecule has 0 spiro atoms. The van der Waals surface area contributed by atoms with E-state index in [9.17, 15) is 20.1 Å². The monoisotopic (exact) mass is 206 g/mol. The van der Waals surface area contributed by atoms with E-state index in [1.54, 1.807) is 0 Å². The molecule has 14 heavy (non-hydrogen) atoms. The molecule has 2 unspecified atom stereocenters. The van der Waals surface area contributed by atoms with Crippen molar-refractivity contribution in [3.8, 4) is 0 Å². The van der Waals surface area contributed by atoms with E-state index in [-0.39, 0.29) is 12.8 Å². The first kappa shape index (κ1) is 11.4. The summed E-state index contributed by atoms with van der Waals surface area (Å²) in [5.74, 6) is -2.36. The molecule has 0 radical (unpaired) electrons. The number of aliphatic carboxylic acids is 1. The predicted molar refractivity (Wildman–Crippen MR) is 44.4 cm³/mol. The summed E-state index contributed by atoms with van der Waals surface area (Å²) in [6.07, 6.45) is -5.19. The lowest BCUT2D eigenvalue weighted by Crippen LogP contribution is -2.51. The van der Waals surface area contributed by atoms with Crippen molar-refractivity contribution < 1.29 is 30.3 Å². The number of hydrogen-bond acceptors (Lipinski definition) is 5. The Labute approximate surface area is 80.4 Å². The molecule has 0 saturated heterocycles. The van der Waals surface area contributed by atoms with Gasteiger partial charge in [-0.15, -0.1) is 0 Å². The van der Waals surface area contributed by atoms with Gasteiger partial charge >= 0.3 is 5.97 Å². The van der Waals surface area contributed by atoms with Crippen molar-refractivity contribution in [1.82, 2.24) is 0 Å². The Morgan fingerprint density at radius 3 is 2.21 bits per heavy atom. The fraction of sp³-hybridized carbons (Fsp3) is 0.875. The predicted octanol–water partition coefficient (Wildman–Crippen LogP) is -2.08. The number of carboxylic acids is 1. The van der Waals surface area contributed by atoms with Gasteiger partial charge in [0.1, 0.15) is 6.10 Å². The molecule has 0 amide bonds. The lowest BCUT2D eigenvalue weighted by molar-refractivity contribution is -0.165. The summed E-state index contributed by atoms with van der Waals surface area (Å²) in [5, 5.41) is 45.5. The third kappa shape index (κ3) is 2.03. The first-order chi connectivity index (χ1) is 6.45. The van der Waals surface area contributed by atoms with Crippen molar-refractivity contribution in [1.29, 1.82) is 0 Å². The first-order valence-electron chi connectivity index (χ1n) is 4.40. The van der Waals surface area contributed by atoms with E-state index in [1.807, 2.05) is 0 Å². The zero-order valence-electron chi connectivity index (χ0n) is 7.45. The number of carboxylic acid groups (broad SMARTS) is 1. The van der Waals surface area contributed by atoms with Gasteiger partial charge in [0.25, 0.3) is 0 Å². The number of hydrogen-bond donors (Lipinski definition) is 5. The van der Waals surface area contributed by atoms with E-state index in [0.717, 1.165) is 0 Å². The van der Waals surface area contributed by atoms with Crippen LogP contribution in [0.2, 0.25) is 0 Å². The molecule has 0 heterocycles. The second-order valence-electron chi connectivity index (χ2n) is 3.57. The smallest absolute Gasteiger partial charge is 0.332 e. The third-order valence-electron chi connectivity index (χ3n) is 2.64. The van der Waals surface area contributed by atoms with Crippen molar-refractivity contribution in [3.63, 3.8) is 0 Å². The van der Waals surface area contributed by atoms with Crippen LogP contribution in [-0.4, -0.2) is 55.9 Å². The maximum atomic E-state index is 10.4. The zero-order chi connectivity index (χ0) is 10.9. The minimum atomic E-state index is -1.70. The van der Waals surface area contributed by atoms with Crippen LogP contribution in [0.25, 0.3) is 0 Å². The molecule has 6 nitrogen and oxygen atoms in total. The summed E-state index contributed by atoms with van der Waals surface area (Å²) in [5.41, 5.74) is 0. The SMILES string of the molecule is O=C(O)C(O)C1CC[C@@H](O)[C@@H](O)[C@@H]1O. The summed E-state index contributed by atoms with van der Waals surface area (Å²) >= 11 is 0. The summed E-state index contributed by atoms with van der Waals surface area (Å²) in [6, 6.07) is 0. The maximum absolute atomic E-state index is 10.4. The Morgan fingerprint density at radius 2 is 1.71 bits per heavy atom. The van der Waals surface area contributed by atoms with Crippen molar-refractivity contribution in [2.45, 2.75) is 37.3 Å². The lowest BCUT2D eigenvalue weighted by Gasteiger charge is -2.36. The van der Waals surface area contributed by atoms with E-state index >= 15 is 0 Å². The Morgan fingerprint density at radius 1 is 1.14 bits per heavy atom. The van der Waals surface area contributed by atoms with Gasteiger partial charge in [-0.25, -0.2) is 4.79 Å². The first-order valence-corrected chi connectivity index (χ1v) is 4.40. The van der Waals surface area contributed by atoms with Crippen LogP contribution in [0.1, 0.15) is 12.8 Å². The fourth-order valence-electron chi connectivity index (χ4n) is 1.71. The van der Waals surface area contributed by atoms with Crippen LogP contribution in [0, 0.1) is 5.92 Å². The van der Waals surface area contributed by atoms with Gasteiger partial charge in [-0.05, 0) is 12.8 Å². The van der Waals surface area contributed by atoms with Gasteiger partial charge < -0.3 is 25.5 Å². The van der Waals surface area contributed by atoms with Crippen LogP contribution in [-0.2, 0) is 4.79 Å². The minimum Gasteiger partial charge on any atom is -0.479 e. The van der Waals surface area contributed by atoms with Crippen molar-refractivity contribution in [2.75, 3.05) is 0 Å². The molecular weight excluding hydrogens is 192 g/mol. The van der Waals surface area contributed by atoms with Gasteiger partial charge in [-0.1, -0.05) is 0 Å². The third-order valence-corrected chi connectivity index (χ3v) is 2.64. The molecule has 82 valence electrons. The molecule has 1 saturated carbocycles. The largest absolute Gasteiger partial charge is 0.479 e. The molecule has 1 fully saturated rings. The van der Waals surface area contributed by atoms with Crippen LogP contribution in [0.3, 0.4) is 0 Å². The van der Waals surface area contributed by atoms with Crippen LogP contribution in [0.4, 0.5) is 0 Å². The normalized spacial score (nSPS) is 40.6. The number of aliphatic hydroxyl groups is 4. The van der Waals surface area contributed by atoms with E-state index in [0.29, 0.717) is 0 Å². The molecule has 5 atom stereocenters. The molecular formula is C8H14O6. The Bertz CT molecular complexity index is 218. The minimum absolute atomic E-state index is 0.173. The molecule has 5 N–H and O–H groups in total. The standard InChI is InChI=1S/C8H14O6/c9-4-2-1-3(5(10)7(4)12)6(11)8(13)14/h3-7,9-12H,1-2H2,(H,13,14)/t3?,4-,5-,6?,7-/m1/s1. The Balaban J connectivity index is 2.67. The van der Waals surface area contributed by atoms with Crippen molar-refractivity contribution in [2.24, 2.45) is 5.92 Å². The molecule has 0 aromatic heterocycles. The van der Waals surface area contributed by atoms with E-state index < -0.39 is 36.3 Å². The van der Waals surface area contributed by atoms with Crippen LogP contribution < -0.4 is 0 Å². The maximum Gasteiger partial charge on any atom is 0.332 e. The average molecular weight is 206 g/mol. The van der Waals surface area contributed by atoms with Gasteiger partial charge in [-0.3, -0.25) is 0 Å². The van der Waals surface area contributed by atoms with Gasteiger partial charge in [0.05, 0.1) is 12.2 Å². The molecule has 0 aromatic carbocycles. The fourth-order valence-corrected chi connectivity index (χ4v) is 1.71. The molecule has 0 aromatic rings. The number of rotatable bonds is 2. The molecule has 1 rings (SSSR count). The van der Waals surface area contributed by atoms with E-state index in [1.165, 1.54) is 0 Å². The highest BCUT2D eigenvalue weighted by Crippen LogP contribution is 2.28. The highest BCUT2D eigenvalue weighted by Gasteiger charge is 2.42. The highest BCUT2D eigenvalue weighted by molar-refractivity contribution is 5.72. The van der Waals surface area contributed by atoms with Gasteiger partial charge in [0.2, 0.25) is 0 Å². The van der Waals surface area contributed by atoms with E-state index in [4.69, 9.17) is 10.2 Å². The van der Waals surface area contributed by atoms with Crippen molar-refractivity contribution in [3.05, 3.63) is 0 Å². The molecule has 1 aliphatic rings. The van der Waals surface area contributed by atoms with Crippen LogP contribution >= 0.6 is 0 Å². The molecule has 0 bridgehead atoms. The second kappa shape index (κ2) is 4.22. The van der Waals surface area contributed by atoms with Crippen LogP contribution in [0.15, 0.2) is 0 Å². The van der Waals surface area contributed by atoms with Gasteiger partial charge in [0, 0.05) is 5.92 Å². The number of aliphatic hydroxyl groups excluding tert-OH is 4. The Hall–Kier alpha value is -0.690. The lowest BCUT2D eigenvalue weighted by atomic mass is 9.79. The van der Waals surface area contributed by atoms with Gasteiger partial charge in [0.15, 0.2) is 6.10 Å². The summed E-state index contributed by atoms with van der Waals surface area (Å²) < 4.78 is 0. The Kier molecular flexibility index (Phi) is 3.43. The summed E-state index contributed by atoms with van der Waals surface area (Å²) in [6.45, 7) is 0. The van der Waals surface area contributed by atoms with Gasteiger partial charge in [-0.2, -0.15) is 0 Å². The quantitative estimate of drug-likeness (QED) is 0.354. The zero-order valence-corrected chi connectivity index (χ0v) is 7.45. The van der Waals surface area contributed by atoms with E-state index in [2.05, 4.69) is 0 Å². The summed E-state index contributed by atoms with van der Waals surface area (Å²) in [7, 11) is 0. The molecule has 6 heteroatoms. The second-order valence-corrected chi connectivity index (χ2v) is 3.57. The highest BCUT2D eigenvalue weighted by atomic mass is 16.4. The molecule has 0 aliphatic heterocycles. The topological polar surface area (TPSA) is 118 Å². The number of carbonyl (C=O) groups is 1. The van der Waals surface area contributed by atoms with Crippen LogP contribution in [0.5, 0.6) is 0 Å². The summed E-state index contributed by atoms with van der Waals surface area (Å²) in [4.78, 5) is 10.4. The van der Waals surface area contributed by atoms with Crippen molar-refractivity contribution >= 4 is 5.97 Å².